The van der Waals surface area contributed by atoms with Crippen LogP contribution in [0.5, 0.6) is 0 Å². The van der Waals surface area contributed by atoms with Gasteiger partial charge in [-0.1, -0.05) is 18.2 Å². The Morgan fingerprint density at radius 3 is 2.68 bits per heavy atom. The molecule has 1 unspecified atom stereocenters. The topological polar surface area (TPSA) is 50.2 Å². The van der Waals surface area contributed by atoms with Gasteiger partial charge in [0.2, 0.25) is 5.91 Å². The molecule has 0 aliphatic carbocycles. The third-order valence-corrected chi connectivity index (χ3v) is 3.34. The highest BCUT2D eigenvalue weighted by Crippen LogP contribution is 2.16. The van der Waals surface area contributed by atoms with Crippen LogP contribution in [-0.2, 0) is 18.4 Å². The molecular formula is C15H20ClFN4O. The molecular weight excluding hydrogens is 307 g/mol. The van der Waals surface area contributed by atoms with Crippen molar-refractivity contribution in [1.29, 1.82) is 0 Å². The molecule has 0 saturated heterocycles. The van der Waals surface area contributed by atoms with Crippen LogP contribution in [0.25, 0.3) is 0 Å². The van der Waals surface area contributed by atoms with Gasteiger partial charge >= 0.3 is 0 Å². The first-order valence-electron chi connectivity index (χ1n) is 6.67. The Bertz CT molecular complexity index is 632. The fourth-order valence-electron chi connectivity index (χ4n) is 2.20. The summed E-state index contributed by atoms with van der Waals surface area (Å²) in [6, 6.07) is 5.97. The summed E-state index contributed by atoms with van der Waals surface area (Å²) in [5, 5.41) is 7.05. The van der Waals surface area contributed by atoms with E-state index in [-0.39, 0.29) is 30.7 Å². The molecule has 1 amide bonds. The number of halogens is 2. The normalized spacial score (nSPS) is 11.6. The average molecular weight is 327 g/mol. The zero-order chi connectivity index (χ0) is 15.4. The number of aryl methyl sites for hydroxylation is 1. The van der Waals surface area contributed by atoms with Crippen molar-refractivity contribution in [3.05, 3.63) is 53.6 Å². The Morgan fingerprint density at radius 1 is 1.45 bits per heavy atom. The molecule has 0 saturated carbocycles. The van der Waals surface area contributed by atoms with Crippen molar-refractivity contribution in [2.24, 2.45) is 7.05 Å². The zero-order valence-electron chi connectivity index (χ0n) is 12.8. The van der Waals surface area contributed by atoms with Gasteiger partial charge in [-0.3, -0.25) is 9.48 Å². The van der Waals surface area contributed by atoms with Crippen LogP contribution in [0, 0.1) is 5.82 Å². The van der Waals surface area contributed by atoms with E-state index in [9.17, 15) is 9.18 Å². The van der Waals surface area contributed by atoms with E-state index < -0.39 is 6.04 Å². The van der Waals surface area contributed by atoms with Crippen LogP contribution in [0.4, 0.5) is 4.39 Å². The number of hydrogen-bond donors (Lipinski definition) is 1. The number of aromatic nitrogens is 2. The van der Waals surface area contributed by atoms with E-state index in [0.29, 0.717) is 5.56 Å². The Morgan fingerprint density at radius 2 is 2.14 bits per heavy atom. The summed E-state index contributed by atoms with van der Waals surface area (Å²) in [6.45, 7) is 0.226. The Balaban J connectivity index is 0.00000242. The molecule has 0 fully saturated rings. The van der Waals surface area contributed by atoms with Gasteiger partial charge in [-0.25, -0.2) is 4.39 Å². The molecule has 0 aliphatic rings. The van der Waals surface area contributed by atoms with Gasteiger partial charge in [-0.2, -0.15) is 5.10 Å². The fraction of sp³-hybridized carbons (Fsp3) is 0.333. The standard InChI is InChI=1S/C15H19FN4O.ClH/c1-17-14(12-8-18-20(3)10-12)15(21)19(2)9-11-6-4-5-7-13(11)16;/h4-8,10,14,17H,9H2,1-3H3;1H. The molecule has 1 aromatic carbocycles. The molecule has 1 atom stereocenters. The Labute approximate surface area is 135 Å². The highest BCUT2D eigenvalue weighted by Gasteiger charge is 2.24. The van der Waals surface area contributed by atoms with E-state index in [4.69, 9.17) is 0 Å². The lowest BCUT2D eigenvalue weighted by molar-refractivity contribution is -0.132. The molecule has 1 N–H and O–H groups in total. The highest BCUT2D eigenvalue weighted by atomic mass is 35.5. The van der Waals surface area contributed by atoms with Crippen LogP contribution in [-0.4, -0.2) is 34.7 Å². The number of amides is 1. The molecule has 0 aliphatic heterocycles. The van der Waals surface area contributed by atoms with Crippen LogP contribution in [0.3, 0.4) is 0 Å². The van der Waals surface area contributed by atoms with E-state index in [1.54, 1.807) is 56.4 Å². The molecule has 0 radical (unpaired) electrons. The van der Waals surface area contributed by atoms with Crippen molar-refractivity contribution in [3.8, 4) is 0 Å². The Kier molecular flexibility index (Phi) is 6.52. The molecule has 2 rings (SSSR count). The molecule has 0 bridgehead atoms. The fourth-order valence-corrected chi connectivity index (χ4v) is 2.20. The van der Waals surface area contributed by atoms with E-state index in [1.165, 1.54) is 11.0 Å². The van der Waals surface area contributed by atoms with E-state index in [0.717, 1.165) is 5.56 Å². The van der Waals surface area contributed by atoms with Gasteiger partial charge in [-0.15, -0.1) is 12.4 Å². The summed E-state index contributed by atoms with van der Waals surface area (Å²) in [4.78, 5) is 14.0. The van der Waals surface area contributed by atoms with Crippen LogP contribution in [0.2, 0.25) is 0 Å². The third kappa shape index (κ3) is 4.05. The van der Waals surface area contributed by atoms with Crippen LogP contribution >= 0.6 is 12.4 Å². The van der Waals surface area contributed by atoms with Gasteiger partial charge in [0.15, 0.2) is 0 Å². The highest BCUT2D eigenvalue weighted by molar-refractivity contribution is 5.85. The number of nitrogens with zero attached hydrogens (tertiary/aromatic N) is 3. The number of hydrogen-bond acceptors (Lipinski definition) is 3. The second-order valence-electron chi connectivity index (χ2n) is 4.95. The van der Waals surface area contributed by atoms with Crippen molar-refractivity contribution in [3.63, 3.8) is 0 Å². The van der Waals surface area contributed by atoms with E-state index >= 15 is 0 Å². The van der Waals surface area contributed by atoms with Gasteiger partial charge in [0.25, 0.3) is 0 Å². The number of carbonyl (C=O) groups is 1. The van der Waals surface area contributed by atoms with Crippen molar-refractivity contribution in [1.82, 2.24) is 20.0 Å². The smallest absolute Gasteiger partial charge is 0.244 e. The monoisotopic (exact) mass is 326 g/mol. The van der Waals surface area contributed by atoms with Crippen LogP contribution in [0.1, 0.15) is 17.2 Å². The first kappa shape index (κ1) is 18.1. The summed E-state index contributed by atoms with van der Waals surface area (Å²) in [5.74, 6) is -0.437. The lowest BCUT2D eigenvalue weighted by atomic mass is 10.1. The maximum atomic E-state index is 13.7. The van der Waals surface area contributed by atoms with Gasteiger partial charge < -0.3 is 10.2 Å². The summed E-state index contributed by atoms with van der Waals surface area (Å²) in [7, 11) is 5.17. The predicted molar refractivity (Wildman–Crippen MR) is 85.1 cm³/mol. The van der Waals surface area contributed by atoms with Crippen LogP contribution < -0.4 is 5.32 Å². The molecule has 22 heavy (non-hydrogen) atoms. The molecule has 0 spiro atoms. The quantitative estimate of drug-likeness (QED) is 0.913. The molecule has 1 aromatic heterocycles. The minimum atomic E-state index is -0.490. The maximum Gasteiger partial charge on any atom is 0.244 e. The van der Waals surface area contributed by atoms with E-state index in [2.05, 4.69) is 10.4 Å². The Hall–Kier alpha value is -1.92. The molecule has 7 heteroatoms. The lowest BCUT2D eigenvalue weighted by Crippen LogP contribution is -2.37. The average Bonchev–Trinajstić information content (AvgIpc) is 2.88. The minimum absolute atomic E-state index is 0. The number of rotatable bonds is 5. The SMILES string of the molecule is CNC(C(=O)N(C)Cc1ccccc1F)c1cnn(C)c1.Cl. The number of nitrogens with one attached hydrogen (secondary N) is 1. The summed E-state index contributed by atoms with van der Waals surface area (Å²) < 4.78 is 15.3. The lowest BCUT2D eigenvalue weighted by Gasteiger charge is -2.23. The largest absolute Gasteiger partial charge is 0.340 e. The van der Waals surface area contributed by atoms with Crippen molar-refractivity contribution >= 4 is 18.3 Å². The molecule has 120 valence electrons. The first-order valence-corrected chi connectivity index (χ1v) is 6.67. The molecule has 2 aromatic rings. The molecule has 5 nitrogen and oxygen atoms in total. The maximum absolute atomic E-state index is 13.7. The second kappa shape index (κ2) is 7.91. The first-order chi connectivity index (χ1) is 10.0. The zero-order valence-corrected chi connectivity index (χ0v) is 13.6. The minimum Gasteiger partial charge on any atom is -0.340 e. The molecule has 1 heterocycles. The van der Waals surface area contributed by atoms with Crippen molar-refractivity contribution in [2.75, 3.05) is 14.1 Å². The summed E-state index contributed by atoms with van der Waals surface area (Å²) in [5.41, 5.74) is 1.28. The van der Waals surface area contributed by atoms with E-state index in [1.807, 2.05) is 0 Å². The van der Waals surface area contributed by atoms with Gasteiger partial charge in [-0.05, 0) is 13.1 Å². The predicted octanol–water partition coefficient (Wildman–Crippen LogP) is 1.90. The summed E-state index contributed by atoms with van der Waals surface area (Å²) in [6.07, 6.45) is 3.44. The number of benzene rings is 1. The van der Waals surface area contributed by atoms with Crippen molar-refractivity contribution < 1.29 is 9.18 Å². The van der Waals surface area contributed by atoms with Gasteiger partial charge in [0, 0.05) is 38.0 Å². The summed E-state index contributed by atoms with van der Waals surface area (Å²) >= 11 is 0. The van der Waals surface area contributed by atoms with Crippen molar-refractivity contribution in [2.45, 2.75) is 12.6 Å². The van der Waals surface area contributed by atoms with Crippen LogP contribution in [0.15, 0.2) is 36.7 Å². The van der Waals surface area contributed by atoms with Gasteiger partial charge in [0.05, 0.1) is 6.20 Å². The van der Waals surface area contributed by atoms with Gasteiger partial charge in [0.1, 0.15) is 11.9 Å². The second-order valence-corrected chi connectivity index (χ2v) is 4.95. The number of likely N-dealkylation sites (N-methyl/N-ethyl adjacent to an activating group) is 2. The third-order valence-electron chi connectivity index (χ3n) is 3.34. The number of carbonyl (C=O) groups excluding carboxylic acids is 1.